The predicted octanol–water partition coefficient (Wildman–Crippen LogP) is 3.91. The van der Waals surface area contributed by atoms with E-state index in [9.17, 15) is 27.6 Å². The number of nitrogens with zero attached hydrogens (tertiary/aromatic N) is 5. The molecule has 1 unspecified atom stereocenters. The first-order chi connectivity index (χ1) is 19.6. The molecular weight excluding hydrogens is 545 g/mol. The number of nitrogens with one attached hydrogen (secondary N) is 1. The van der Waals surface area contributed by atoms with Gasteiger partial charge in [-0.1, -0.05) is 26.0 Å². The van der Waals surface area contributed by atoms with Crippen molar-refractivity contribution in [3.8, 4) is 0 Å². The number of halogens is 3. The zero-order valence-electron chi connectivity index (χ0n) is 23.1. The molecule has 0 aliphatic carbocycles. The molecule has 0 spiro atoms. The number of fused-ring (bicyclic) bond motifs is 1. The van der Waals surface area contributed by atoms with Crippen LogP contribution >= 0.6 is 0 Å². The zero-order chi connectivity index (χ0) is 29.7. The molecule has 3 aromatic rings. The lowest BCUT2D eigenvalue weighted by atomic mass is 10.1. The highest BCUT2D eigenvalue weighted by molar-refractivity contribution is 5.72. The number of hydrogen-bond donors (Lipinski definition) is 1. The van der Waals surface area contributed by atoms with E-state index in [1.807, 2.05) is 13.8 Å². The number of anilines is 2. The van der Waals surface area contributed by atoms with E-state index in [1.54, 1.807) is 24.1 Å². The fraction of sp³-hybridized carbons (Fsp3) is 0.481. The average molecular weight is 579 g/mol. The summed E-state index contributed by atoms with van der Waals surface area (Å²) in [6.07, 6.45) is -0.539. The van der Waals surface area contributed by atoms with Crippen LogP contribution in [0.2, 0.25) is 0 Å². The van der Waals surface area contributed by atoms with Crippen LogP contribution in [0, 0.1) is 0 Å². The van der Waals surface area contributed by atoms with Crippen molar-refractivity contribution in [3.63, 3.8) is 0 Å². The van der Waals surface area contributed by atoms with Gasteiger partial charge in [-0.05, 0) is 37.5 Å². The monoisotopic (exact) mass is 578 g/mol. The fourth-order valence-corrected chi connectivity index (χ4v) is 4.70. The summed E-state index contributed by atoms with van der Waals surface area (Å²) in [6, 6.07) is 5.00. The van der Waals surface area contributed by atoms with Gasteiger partial charge in [0.05, 0.1) is 18.3 Å². The number of aromatic nitrogens is 4. The molecule has 4 rings (SSSR count). The SMILES string of the molecule is CCCC(=O)OCOCN1c2c(n(CC)c(=O)n(CCC)c2=O)NC1c1cnn(Cc2cccc(C(F)(F)F)c2)c1. The Morgan fingerprint density at radius 1 is 1.12 bits per heavy atom. The molecule has 0 saturated carbocycles. The van der Waals surface area contributed by atoms with Crippen molar-refractivity contribution >= 4 is 17.5 Å². The van der Waals surface area contributed by atoms with Crippen molar-refractivity contribution in [1.82, 2.24) is 18.9 Å². The molecule has 0 saturated heterocycles. The zero-order valence-corrected chi connectivity index (χ0v) is 23.1. The highest BCUT2D eigenvalue weighted by atomic mass is 19.4. The van der Waals surface area contributed by atoms with Crippen molar-refractivity contribution in [1.29, 1.82) is 0 Å². The number of rotatable bonds is 12. The Balaban J connectivity index is 1.65. The Kier molecular flexibility index (Phi) is 9.21. The molecule has 0 amide bonds. The number of benzene rings is 1. The third kappa shape index (κ3) is 6.47. The molecule has 0 radical (unpaired) electrons. The minimum atomic E-state index is -4.46. The first-order valence-electron chi connectivity index (χ1n) is 13.4. The summed E-state index contributed by atoms with van der Waals surface area (Å²) in [5, 5.41) is 7.55. The first kappa shape index (κ1) is 29.9. The van der Waals surface area contributed by atoms with Gasteiger partial charge in [-0.3, -0.25) is 23.4 Å². The van der Waals surface area contributed by atoms with Crippen LogP contribution in [0.3, 0.4) is 0 Å². The van der Waals surface area contributed by atoms with Crippen LogP contribution in [0.1, 0.15) is 62.9 Å². The van der Waals surface area contributed by atoms with Gasteiger partial charge in [0.15, 0.2) is 6.79 Å². The molecule has 2 aromatic heterocycles. The molecule has 14 heteroatoms. The molecule has 0 bridgehead atoms. The number of esters is 1. The van der Waals surface area contributed by atoms with Crippen molar-refractivity contribution in [2.45, 2.75) is 72.0 Å². The minimum absolute atomic E-state index is 0.0798. The van der Waals surface area contributed by atoms with Crippen LogP contribution in [0.4, 0.5) is 24.7 Å². The number of hydrogen-bond acceptors (Lipinski definition) is 8. The van der Waals surface area contributed by atoms with Gasteiger partial charge in [0.2, 0.25) is 0 Å². The maximum atomic E-state index is 13.5. The second kappa shape index (κ2) is 12.6. The molecule has 1 aromatic carbocycles. The Bertz CT molecular complexity index is 1500. The molecule has 1 aliphatic rings. The molecule has 1 N–H and O–H groups in total. The quantitative estimate of drug-likeness (QED) is 0.196. The largest absolute Gasteiger partial charge is 0.438 e. The van der Waals surface area contributed by atoms with Gasteiger partial charge in [0, 0.05) is 31.3 Å². The maximum absolute atomic E-state index is 13.5. The average Bonchev–Trinajstić information content (AvgIpc) is 3.54. The molecular formula is C27H33F3N6O5. The Labute approximate surface area is 234 Å². The normalized spacial score (nSPS) is 14.7. The van der Waals surface area contributed by atoms with Crippen LogP contribution in [-0.4, -0.2) is 38.4 Å². The van der Waals surface area contributed by atoms with E-state index in [0.29, 0.717) is 36.3 Å². The molecule has 41 heavy (non-hydrogen) atoms. The minimum Gasteiger partial charge on any atom is -0.438 e. The van der Waals surface area contributed by atoms with Gasteiger partial charge in [-0.15, -0.1) is 0 Å². The Morgan fingerprint density at radius 2 is 1.90 bits per heavy atom. The van der Waals surface area contributed by atoms with E-state index in [-0.39, 0.29) is 38.7 Å². The summed E-state index contributed by atoms with van der Waals surface area (Å²) < 4.78 is 54.4. The standard InChI is InChI=1S/C27H33F3N6O5/c1-4-8-21(37)41-17-40-16-36-22-24(34(6-3)26(39)35(11-5-2)25(22)38)32-23(36)19-13-31-33(15-19)14-18-9-7-10-20(12-18)27(28,29)30/h7,9-10,12-13,15,23,32H,4-6,8,11,14,16-17H2,1-3H3. The third-order valence-electron chi connectivity index (χ3n) is 6.60. The third-order valence-corrected chi connectivity index (χ3v) is 6.60. The van der Waals surface area contributed by atoms with E-state index in [0.717, 1.165) is 12.1 Å². The van der Waals surface area contributed by atoms with Crippen molar-refractivity contribution in [2.75, 3.05) is 23.7 Å². The summed E-state index contributed by atoms with van der Waals surface area (Å²) in [5.74, 6) is -0.0953. The molecule has 1 atom stereocenters. The predicted molar refractivity (Wildman–Crippen MR) is 144 cm³/mol. The van der Waals surface area contributed by atoms with Crippen LogP contribution in [-0.2, 0) is 40.1 Å². The maximum Gasteiger partial charge on any atom is 0.416 e. The van der Waals surface area contributed by atoms with Gasteiger partial charge in [-0.25, -0.2) is 4.79 Å². The van der Waals surface area contributed by atoms with Crippen molar-refractivity contribution in [3.05, 3.63) is 74.2 Å². The Morgan fingerprint density at radius 3 is 2.59 bits per heavy atom. The van der Waals surface area contributed by atoms with Gasteiger partial charge in [0.1, 0.15) is 24.4 Å². The molecule has 1 aliphatic heterocycles. The smallest absolute Gasteiger partial charge is 0.416 e. The number of alkyl halides is 3. The molecule has 0 fully saturated rings. The van der Waals surface area contributed by atoms with E-state index in [4.69, 9.17) is 9.47 Å². The summed E-state index contributed by atoms with van der Waals surface area (Å²) in [5.41, 5.74) is -0.477. The lowest BCUT2D eigenvalue weighted by Crippen LogP contribution is -2.42. The molecule has 3 heterocycles. The highest BCUT2D eigenvalue weighted by Gasteiger charge is 2.37. The van der Waals surface area contributed by atoms with E-state index in [1.165, 1.54) is 26.1 Å². The molecule has 222 valence electrons. The lowest BCUT2D eigenvalue weighted by molar-refractivity contribution is -0.156. The van der Waals surface area contributed by atoms with E-state index >= 15 is 0 Å². The fourth-order valence-electron chi connectivity index (χ4n) is 4.70. The van der Waals surface area contributed by atoms with E-state index in [2.05, 4.69) is 10.4 Å². The number of carbonyl (C=O) groups excluding carboxylic acids is 1. The summed E-state index contributed by atoms with van der Waals surface area (Å²) >= 11 is 0. The van der Waals surface area contributed by atoms with Crippen LogP contribution in [0.5, 0.6) is 0 Å². The van der Waals surface area contributed by atoms with Gasteiger partial charge in [-0.2, -0.15) is 18.3 Å². The van der Waals surface area contributed by atoms with Crippen LogP contribution in [0.25, 0.3) is 0 Å². The number of ether oxygens (including phenoxy) is 2. The first-order valence-corrected chi connectivity index (χ1v) is 13.4. The van der Waals surface area contributed by atoms with Crippen molar-refractivity contribution < 1.29 is 27.4 Å². The van der Waals surface area contributed by atoms with Crippen LogP contribution in [0.15, 0.2) is 46.2 Å². The van der Waals surface area contributed by atoms with Crippen molar-refractivity contribution in [2.24, 2.45) is 0 Å². The molecule has 11 nitrogen and oxygen atoms in total. The van der Waals surface area contributed by atoms with Crippen LogP contribution < -0.4 is 21.5 Å². The second-order valence-electron chi connectivity index (χ2n) is 9.58. The summed E-state index contributed by atoms with van der Waals surface area (Å²) in [6.45, 7) is 5.61. The topological polar surface area (TPSA) is 113 Å². The van der Waals surface area contributed by atoms with Gasteiger partial charge < -0.3 is 19.7 Å². The van der Waals surface area contributed by atoms with E-state index < -0.39 is 35.1 Å². The summed E-state index contributed by atoms with van der Waals surface area (Å²) in [7, 11) is 0. The van der Waals surface area contributed by atoms with Gasteiger partial charge in [0.25, 0.3) is 5.56 Å². The van der Waals surface area contributed by atoms with Gasteiger partial charge >= 0.3 is 17.8 Å². The highest BCUT2D eigenvalue weighted by Crippen LogP contribution is 2.38. The second-order valence-corrected chi connectivity index (χ2v) is 9.58. The summed E-state index contributed by atoms with van der Waals surface area (Å²) in [4.78, 5) is 40.0. The Hall–Kier alpha value is -4.07. The lowest BCUT2D eigenvalue weighted by Gasteiger charge is -2.25. The number of carbonyl (C=O) groups is 1.